The number of benzene rings is 2. The van der Waals surface area contributed by atoms with E-state index in [0.29, 0.717) is 12.3 Å². The first-order valence-corrected chi connectivity index (χ1v) is 25.5. The summed E-state index contributed by atoms with van der Waals surface area (Å²) >= 11 is 6.58. The predicted octanol–water partition coefficient (Wildman–Crippen LogP) is 6.60. The molecule has 5 atom stereocenters. The minimum atomic E-state index is -5.25. The number of fused-ring (bicyclic) bond motifs is 4. The van der Waals surface area contributed by atoms with Gasteiger partial charge >= 0.3 is 24.4 Å². The van der Waals surface area contributed by atoms with E-state index in [9.17, 15) is 76.6 Å². The average Bonchev–Trinajstić information content (AvgIpc) is 3.76. The van der Waals surface area contributed by atoms with Crippen molar-refractivity contribution in [3.05, 3.63) is 93.0 Å². The number of anilines is 1. The van der Waals surface area contributed by atoms with E-state index >= 15 is 8.78 Å². The number of carbonyl (C=O) groups excluding carboxylic acids is 2. The molecule has 0 spiro atoms. The lowest BCUT2D eigenvalue weighted by atomic mass is 9.93. The number of aliphatic carboxylic acids is 1. The standard InChI is InChI=1S/C44H39ClF10N8O9S2/c1-19(64)33(39(66)67)58-40(68)63(74(5,71)72)38-32-28(45)9-8-25(35(32)62(60-38)18-42(48,49)50)24-7-6-23(10-11-41(2,3)73(4,69)70)56-34(24)29(14-20-12-21(46)15-22(47)13-20)57-30(65)17-61-37-31(36(59-61)44(53,54)55)26-16-27(26)43(37,51)52/h6-9,12-13,15,19,26-27,29,33,64H,14,16-18H2,1-5H3,(H,57,65)(H,58,68)(H,66,67)/t19-,26+,27-,29+,33+/m1/s1. The van der Waals surface area contributed by atoms with Crippen LogP contribution in [0.25, 0.3) is 22.0 Å². The van der Waals surface area contributed by atoms with Gasteiger partial charge in [-0.2, -0.15) is 49.6 Å². The Hall–Kier alpha value is -6.51. The third-order valence-corrected chi connectivity index (χ3v) is 15.3. The summed E-state index contributed by atoms with van der Waals surface area (Å²) in [4.78, 5) is 44.2. The van der Waals surface area contributed by atoms with E-state index in [-0.39, 0.29) is 31.3 Å². The molecule has 1 saturated carbocycles. The van der Waals surface area contributed by atoms with Crippen LogP contribution in [0.5, 0.6) is 0 Å². The number of hydrogen-bond acceptors (Lipinski definition) is 11. The van der Waals surface area contributed by atoms with Gasteiger partial charge in [-0.3, -0.25) is 14.2 Å². The lowest BCUT2D eigenvalue weighted by molar-refractivity contribution is -0.143. The lowest BCUT2D eigenvalue weighted by Crippen LogP contribution is -2.53. The highest BCUT2D eigenvalue weighted by Crippen LogP contribution is 2.68. The molecule has 398 valence electrons. The van der Waals surface area contributed by atoms with Gasteiger partial charge in [0.2, 0.25) is 15.9 Å². The van der Waals surface area contributed by atoms with E-state index in [1.165, 1.54) is 13.8 Å². The van der Waals surface area contributed by atoms with E-state index in [1.807, 2.05) is 0 Å². The first-order valence-electron chi connectivity index (χ1n) is 21.4. The van der Waals surface area contributed by atoms with Crippen LogP contribution < -0.4 is 14.9 Å². The minimum Gasteiger partial charge on any atom is -0.480 e. The summed E-state index contributed by atoms with van der Waals surface area (Å²) in [6.07, 6.45) is -12.2. The number of sulfonamides is 1. The molecule has 2 aliphatic carbocycles. The second kappa shape index (κ2) is 19.0. The van der Waals surface area contributed by atoms with Crippen LogP contribution in [0.2, 0.25) is 5.02 Å². The Morgan fingerprint density at radius 3 is 2.12 bits per heavy atom. The third-order valence-electron chi connectivity index (χ3n) is 12.0. The Bertz CT molecular complexity index is 3420. The van der Waals surface area contributed by atoms with Crippen LogP contribution >= 0.6 is 11.6 Å². The third kappa shape index (κ3) is 11.0. The molecule has 0 saturated heterocycles. The fraction of sp³-hybridized carbons (Fsp3) is 0.409. The van der Waals surface area contributed by atoms with Crippen LogP contribution in [-0.4, -0.2) is 105 Å². The Kier molecular flexibility index (Phi) is 14.2. The van der Waals surface area contributed by atoms with Crippen molar-refractivity contribution in [3.8, 4) is 23.0 Å². The number of aliphatic hydroxyl groups excluding tert-OH is 1. The molecule has 0 radical (unpaired) electrons. The number of sulfone groups is 1. The van der Waals surface area contributed by atoms with Gasteiger partial charge in [0.05, 0.1) is 40.0 Å². The molecule has 2 aliphatic rings. The summed E-state index contributed by atoms with van der Waals surface area (Å²) in [6.45, 7) is -0.106. The molecular formula is C44H39ClF10N8O9S2. The van der Waals surface area contributed by atoms with Crippen LogP contribution in [0.4, 0.5) is 54.5 Å². The average molecular weight is 1110 g/mol. The Labute approximate surface area is 417 Å². The molecule has 3 amide bonds. The largest absolute Gasteiger partial charge is 0.480 e. The summed E-state index contributed by atoms with van der Waals surface area (Å²) in [5.41, 5.74) is -6.46. The highest BCUT2D eigenvalue weighted by molar-refractivity contribution is 7.93. The maximum absolute atomic E-state index is 15.6. The monoisotopic (exact) mass is 1110 g/mol. The number of carboxylic acid groups (broad SMARTS) is 1. The number of aromatic nitrogens is 5. The number of urea groups is 1. The van der Waals surface area contributed by atoms with Crippen molar-refractivity contribution in [3.63, 3.8) is 0 Å². The van der Waals surface area contributed by atoms with Gasteiger partial charge in [0, 0.05) is 34.9 Å². The van der Waals surface area contributed by atoms with Crippen molar-refractivity contribution in [2.45, 2.75) is 93.8 Å². The number of nitrogens with zero attached hydrogens (tertiary/aromatic N) is 6. The maximum atomic E-state index is 15.6. The van der Waals surface area contributed by atoms with Gasteiger partial charge in [0.25, 0.3) is 5.92 Å². The van der Waals surface area contributed by atoms with Crippen molar-refractivity contribution >= 4 is 66.1 Å². The molecule has 0 bridgehead atoms. The van der Waals surface area contributed by atoms with E-state index in [1.54, 1.807) is 5.32 Å². The van der Waals surface area contributed by atoms with Crippen LogP contribution in [0.1, 0.15) is 73.1 Å². The zero-order valence-electron chi connectivity index (χ0n) is 38.7. The molecule has 7 rings (SSSR count). The molecule has 74 heavy (non-hydrogen) atoms. The quantitative estimate of drug-likeness (QED) is 0.0680. The molecule has 4 N–H and O–H groups in total. The second-order valence-electron chi connectivity index (χ2n) is 18.1. The summed E-state index contributed by atoms with van der Waals surface area (Å²) < 4.78 is 197. The van der Waals surface area contributed by atoms with E-state index in [4.69, 9.17) is 11.6 Å². The zero-order valence-corrected chi connectivity index (χ0v) is 41.1. The van der Waals surface area contributed by atoms with Crippen molar-refractivity contribution < 1.29 is 85.3 Å². The first kappa shape index (κ1) is 55.2. The molecule has 2 aromatic carbocycles. The minimum absolute atomic E-state index is 0.142. The summed E-state index contributed by atoms with van der Waals surface area (Å²) in [6, 6.07) is 0.249. The van der Waals surface area contributed by atoms with Gasteiger partial charge in [0.15, 0.2) is 27.4 Å². The predicted molar refractivity (Wildman–Crippen MR) is 242 cm³/mol. The van der Waals surface area contributed by atoms with Crippen molar-refractivity contribution in [2.24, 2.45) is 5.92 Å². The zero-order chi connectivity index (χ0) is 55.2. The van der Waals surface area contributed by atoms with E-state index in [0.717, 1.165) is 49.6 Å². The smallest absolute Gasteiger partial charge is 0.435 e. The van der Waals surface area contributed by atoms with Crippen molar-refractivity contribution in [1.29, 1.82) is 0 Å². The van der Waals surface area contributed by atoms with Crippen molar-refractivity contribution in [1.82, 2.24) is 35.2 Å². The number of rotatable bonds is 14. The number of alkyl halides is 8. The lowest BCUT2D eigenvalue weighted by Gasteiger charge is -2.24. The van der Waals surface area contributed by atoms with E-state index < -0.39 is 177 Å². The Balaban J connectivity index is 1.49. The molecular weight excluding hydrogens is 1070 g/mol. The maximum Gasteiger partial charge on any atom is 0.435 e. The summed E-state index contributed by atoms with van der Waals surface area (Å²) in [5, 5.41) is 29.6. The Morgan fingerprint density at radius 2 is 1.57 bits per heavy atom. The number of carbonyl (C=O) groups is 3. The summed E-state index contributed by atoms with van der Waals surface area (Å²) in [5.74, 6) is -8.37. The molecule has 0 unspecified atom stereocenters. The number of amides is 3. The molecule has 0 aliphatic heterocycles. The molecule has 3 heterocycles. The topological polar surface area (TPSA) is 236 Å². The van der Waals surface area contributed by atoms with Crippen LogP contribution in [0, 0.1) is 29.4 Å². The first-order chi connectivity index (χ1) is 33.9. The second-order valence-corrected chi connectivity index (χ2v) is 22.9. The Morgan fingerprint density at radius 1 is 0.946 bits per heavy atom. The molecule has 1 fully saturated rings. The van der Waals surface area contributed by atoms with Gasteiger partial charge in [-0.1, -0.05) is 23.6 Å². The number of pyridine rings is 1. The van der Waals surface area contributed by atoms with Gasteiger partial charge < -0.3 is 20.8 Å². The number of hydrogen-bond donors (Lipinski definition) is 4. The molecule has 30 heteroatoms. The number of halogens is 11. The molecule has 3 aromatic heterocycles. The summed E-state index contributed by atoms with van der Waals surface area (Å²) in [7, 11) is -8.99. The van der Waals surface area contributed by atoms with Gasteiger partial charge in [-0.25, -0.2) is 40.2 Å². The normalized spacial score (nSPS) is 17.6. The van der Waals surface area contributed by atoms with Gasteiger partial charge in [-0.15, -0.1) is 0 Å². The highest BCUT2D eigenvalue weighted by Gasteiger charge is 2.68. The van der Waals surface area contributed by atoms with Crippen molar-refractivity contribution in [2.75, 3.05) is 16.8 Å². The number of nitrogens with one attached hydrogen (secondary N) is 2. The van der Waals surface area contributed by atoms with Gasteiger partial charge in [-0.05, 0) is 81.3 Å². The van der Waals surface area contributed by atoms with E-state index in [2.05, 4.69) is 32.3 Å². The fourth-order valence-electron chi connectivity index (χ4n) is 8.38. The van der Waals surface area contributed by atoms with Gasteiger partial charge in [0.1, 0.15) is 40.9 Å². The van der Waals surface area contributed by atoms with Crippen LogP contribution in [0.15, 0.2) is 42.5 Å². The van der Waals surface area contributed by atoms with Crippen LogP contribution in [-0.2, 0) is 61.1 Å². The number of aliphatic hydroxyl groups is 1. The molecule has 5 aromatic rings. The fourth-order valence-corrected chi connectivity index (χ4v) is 9.65. The molecule has 17 nitrogen and oxygen atoms in total. The van der Waals surface area contributed by atoms with Crippen LogP contribution in [0.3, 0.4) is 0 Å². The number of carboxylic acids is 1. The SMILES string of the molecule is C[C@@H](O)[C@H](NC(=O)N(c1nn(CC(F)(F)F)c2c(-c3ccc(C#CC(C)(C)S(C)(=O)=O)nc3[C@H](Cc3cc(F)cc(F)c3)NC(=O)Cn3nc(C(F)(F)F)c4c3C(F)(F)[C@@H]3C[C@H]43)ccc(Cl)c12)S(C)(=O)=O)C(=O)O. The highest BCUT2D eigenvalue weighted by atomic mass is 35.5.